The molecule has 8 nitrogen and oxygen atoms in total. The minimum atomic E-state index is 0.0158. The van der Waals surface area contributed by atoms with Crippen molar-refractivity contribution in [2.75, 3.05) is 26.3 Å². The largest absolute Gasteiger partial charge is 0.378 e. The molecule has 0 radical (unpaired) electrons. The van der Waals surface area contributed by atoms with Crippen LogP contribution in [0.5, 0.6) is 0 Å². The molecule has 0 N–H and O–H groups in total. The average Bonchev–Trinajstić information content (AvgIpc) is 3.23. The van der Waals surface area contributed by atoms with E-state index in [2.05, 4.69) is 15.1 Å². The zero-order valence-corrected chi connectivity index (χ0v) is 16.5. The second kappa shape index (κ2) is 7.64. The van der Waals surface area contributed by atoms with E-state index in [-0.39, 0.29) is 5.91 Å². The highest BCUT2D eigenvalue weighted by Crippen LogP contribution is 2.26. The summed E-state index contributed by atoms with van der Waals surface area (Å²) >= 11 is 0. The van der Waals surface area contributed by atoms with Gasteiger partial charge in [-0.2, -0.15) is 5.10 Å². The third kappa shape index (κ3) is 3.42. The number of ether oxygens (including phenoxy) is 1. The highest BCUT2D eigenvalue weighted by Gasteiger charge is 2.19. The van der Waals surface area contributed by atoms with Crippen molar-refractivity contribution in [3.05, 3.63) is 66.5 Å². The topological polar surface area (TPSA) is 85.5 Å². The van der Waals surface area contributed by atoms with Gasteiger partial charge in [-0.05, 0) is 30.7 Å². The van der Waals surface area contributed by atoms with E-state index in [9.17, 15) is 4.79 Å². The lowest BCUT2D eigenvalue weighted by molar-refractivity contribution is 0.0303. The molecule has 4 aromatic rings. The molecule has 0 bridgehead atoms. The van der Waals surface area contributed by atoms with Gasteiger partial charge >= 0.3 is 0 Å². The molecule has 0 saturated carbocycles. The molecule has 150 valence electrons. The van der Waals surface area contributed by atoms with Crippen LogP contribution in [-0.2, 0) is 4.74 Å². The maximum absolute atomic E-state index is 12.9. The molecule has 4 heterocycles. The van der Waals surface area contributed by atoms with E-state index in [0.717, 1.165) is 22.4 Å². The fourth-order valence-corrected chi connectivity index (χ4v) is 3.53. The molecule has 1 amide bonds. The summed E-state index contributed by atoms with van der Waals surface area (Å²) in [5.41, 5.74) is 4.73. The van der Waals surface area contributed by atoms with Crippen LogP contribution < -0.4 is 0 Å². The minimum absolute atomic E-state index is 0.0158. The Bertz CT molecular complexity index is 1210. The van der Waals surface area contributed by atoms with Crippen molar-refractivity contribution in [1.82, 2.24) is 29.5 Å². The minimum Gasteiger partial charge on any atom is -0.378 e. The van der Waals surface area contributed by atoms with Crippen LogP contribution >= 0.6 is 0 Å². The van der Waals surface area contributed by atoms with E-state index >= 15 is 0 Å². The van der Waals surface area contributed by atoms with Crippen molar-refractivity contribution >= 4 is 11.6 Å². The summed E-state index contributed by atoms with van der Waals surface area (Å²) in [6.45, 7) is 4.23. The summed E-state index contributed by atoms with van der Waals surface area (Å²) in [5.74, 6) is 0.730. The fraction of sp³-hybridized carbons (Fsp3) is 0.227. The zero-order chi connectivity index (χ0) is 20.5. The van der Waals surface area contributed by atoms with Crippen LogP contribution in [0.4, 0.5) is 0 Å². The average molecular weight is 400 g/mol. The third-order valence-electron chi connectivity index (χ3n) is 5.16. The highest BCUT2D eigenvalue weighted by atomic mass is 16.5. The first-order valence-corrected chi connectivity index (χ1v) is 9.80. The summed E-state index contributed by atoms with van der Waals surface area (Å²) in [6, 6.07) is 9.49. The van der Waals surface area contributed by atoms with Crippen LogP contribution in [0, 0.1) is 6.92 Å². The summed E-state index contributed by atoms with van der Waals surface area (Å²) in [7, 11) is 0. The molecule has 30 heavy (non-hydrogen) atoms. The molecule has 8 heteroatoms. The van der Waals surface area contributed by atoms with Gasteiger partial charge < -0.3 is 9.64 Å². The monoisotopic (exact) mass is 400 g/mol. The molecule has 5 rings (SSSR count). The first kappa shape index (κ1) is 18.4. The molecule has 0 atom stereocenters. The van der Waals surface area contributed by atoms with Crippen molar-refractivity contribution in [1.29, 1.82) is 0 Å². The van der Waals surface area contributed by atoms with Crippen LogP contribution in [0.15, 0.2) is 55.1 Å². The number of hydrogen-bond donors (Lipinski definition) is 0. The Morgan fingerprint density at radius 3 is 2.63 bits per heavy atom. The molecular formula is C22H20N6O2. The number of amides is 1. The van der Waals surface area contributed by atoms with E-state index in [1.54, 1.807) is 23.1 Å². The van der Waals surface area contributed by atoms with E-state index < -0.39 is 0 Å². The van der Waals surface area contributed by atoms with Gasteiger partial charge in [0.1, 0.15) is 5.82 Å². The number of rotatable bonds is 3. The smallest absolute Gasteiger partial charge is 0.254 e. The Morgan fingerprint density at radius 2 is 1.83 bits per heavy atom. The molecule has 1 aliphatic heterocycles. The molecule has 0 spiro atoms. The second-order valence-corrected chi connectivity index (χ2v) is 7.14. The molecule has 1 aromatic carbocycles. The van der Waals surface area contributed by atoms with Gasteiger partial charge in [0.25, 0.3) is 5.91 Å². The van der Waals surface area contributed by atoms with Crippen molar-refractivity contribution in [3.63, 3.8) is 0 Å². The van der Waals surface area contributed by atoms with E-state index in [0.29, 0.717) is 43.3 Å². The number of benzene rings is 1. The molecule has 0 aliphatic carbocycles. The van der Waals surface area contributed by atoms with Gasteiger partial charge in [-0.25, -0.2) is 19.5 Å². The fourth-order valence-electron chi connectivity index (χ4n) is 3.53. The van der Waals surface area contributed by atoms with Gasteiger partial charge in [0.15, 0.2) is 5.65 Å². The number of carbonyl (C=O) groups is 1. The normalized spacial score (nSPS) is 14.2. The van der Waals surface area contributed by atoms with Gasteiger partial charge in [-0.15, -0.1) is 0 Å². The number of aromatic nitrogens is 5. The highest BCUT2D eigenvalue weighted by molar-refractivity contribution is 5.96. The predicted octanol–water partition coefficient (Wildman–Crippen LogP) is 2.63. The second-order valence-electron chi connectivity index (χ2n) is 7.14. The van der Waals surface area contributed by atoms with Gasteiger partial charge in [-0.3, -0.25) is 4.79 Å². The standard InChI is InChI=1S/C22H20N6O2/c1-15-23-12-18(13-24-15)20-5-6-28-21(26-20)19(14-25-28)16-3-2-4-17(11-16)22(29)27-7-9-30-10-8-27/h2-6,11-14H,7-10H2,1H3. The number of aryl methyl sites for hydroxylation is 1. The summed E-state index contributed by atoms with van der Waals surface area (Å²) in [4.78, 5) is 28.0. The van der Waals surface area contributed by atoms with Gasteiger partial charge in [-0.1, -0.05) is 12.1 Å². The quantitative estimate of drug-likeness (QED) is 0.526. The molecule has 1 fully saturated rings. The van der Waals surface area contributed by atoms with Crippen LogP contribution in [0.1, 0.15) is 16.2 Å². The van der Waals surface area contributed by atoms with Gasteiger partial charge in [0.05, 0.1) is 25.1 Å². The Kier molecular flexibility index (Phi) is 4.68. The Labute approximate surface area is 173 Å². The zero-order valence-electron chi connectivity index (χ0n) is 16.5. The maximum Gasteiger partial charge on any atom is 0.254 e. The van der Waals surface area contributed by atoms with E-state index in [1.165, 1.54) is 0 Å². The van der Waals surface area contributed by atoms with E-state index in [1.807, 2.05) is 48.4 Å². The van der Waals surface area contributed by atoms with Crippen molar-refractivity contribution in [2.24, 2.45) is 0 Å². The van der Waals surface area contributed by atoms with E-state index in [4.69, 9.17) is 9.72 Å². The number of carbonyl (C=O) groups excluding carboxylic acids is 1. The lowest BCUT2D eigenvalue weighted by atomic mass is 10.0. The number of hydrogen-bond acceptors (Lipinski definition) is 6. The molecule has 3 aromatic heterocycles. The predicted molar refractivity (Wildman–Crippen MR) is 111 cm³/mol. The van der Waals surface area contributed by atoms with Crippen LogP contribution in [0.2, 0.25) is 0 Å². The number of fused-ring (bicyclic) bond motifs is 1. The summed E-state index contributed by atoms with van der Waals surface area (Å²) in [6.07, 6.45) is 7.16. The molecule has 1 saturated heterocycles. The van der Waals surface area contributed by atoms with Crippen molar-refractivity contribution < 1.29 is 9.53 Å². The number of morpholine rings is 1. The SMILES string of the molecule is Cc1ncc(-c2ccn3ncc(-c4cccc(C(=O)N5CCOCC5)c4)c3n2)cn1. The Morgan fingerprint density at radius 1 is 1.03 bits per heavy atom. The first-order chi connectivity index (χ1) is 14.7. The maximum atomic E-state index is 12.9. The third-order valence-corrected chi connectivity index (χ3v) is 5.16. The summed E-state index contributed by atoms with van der Waals surface area (Å²) < 4.78 is 7.08. The number of nitrogens with zero attached hydrogens (tertiary/aromatic N) is 6. The molecular weight excluding hydrogens is 380 g/mol. The molecule has 1 aliphatic rings. The Hall–Kier alpha value is -3.65. The van der Waals surface area contributed by atoms with Gasteiger partial charge in [0, 0.05) is 48.4 Å². The van der Waals surface area contributed by atoms with Crippen LogP contribution in [0.3, 0.4) is 0 Å². The summed E-state index contributed by atoms with van der Waals surface area (Å²) in [5, 5.41) is 4.42. The lowest BCUT2D eigenvalue weighted by Gasteiger charge is -2.27. The van der Waals surface area contributed by atoms with Crippen molar-refractivity contribution in [2.45, 2.75) is 6.92 Å². The lowest BCUT2D eigenvalue weighted by Crippen LogP contribution is -2.40. The molecule has 0 unspecified atom stereocenters. The first-order valence-electron chi connectivity index (χ1n) is 9.80. The van der Waals surface area contributed by atoms with Crippen LogP contribution in [-0.4, -0.2) is 61.7 Å². The van der Waals surface area contributed by atoms with Crippen LogP contribution in [0.25, 0.3) is 28.0 Å². The van der Waals surface area contributed by atoms with Gasteiger partial charge in [0.2, 0.25) is 0 Å². The van der Waals surface area contributed by atoms with Crippen molar-refractivity contribution in [3.8, 4) is 22.4 Å². The Balaban J connectivity index is 1.52.